The molecule has 11 heteroatoms. The lowest BCUT2D eigenvalue weighted by atomic mass is 9.95. The smallest absolute Gasteiger partial charge is 0.303 e. The van der Waals surface area contributed by atoms with Crippen LogP contribution < -0.4 is 0 Å². The van der Waals surface area contributed by atoms with Crippen LogP contribution in [0.15, 0.2) is 24.3 Å². The fourth-order valence-electron chi connectivity index (χ4n) is 3.65. The monoisotopic (exact) mass is 435 g/mol. The Balaban J connectivity index is 2.01. The van der Waals surface area contributed by atoms with E-state index in [0.717, 1.165) is 25.7 Å². The third-order valence-electron chi connectivity index (χ3n) is 4.81. The van der Waals surface area contributed by atoms with Gasteiger partial charge in [0.25, 0.3) is 11.8 Å². The quantitative estimate of drug-likeness (QED) is 0.375. The van der Waals surface area contributed by atoms with Gasteiger partial charge < -0.3 is 24.1 Å². The molecule has 1 aromatic carbocycles. The van der Waals surface area contributed by atoms with Crippen LogP contribution in [0.25, 0.3) is 0 Å². The summed E-state index contributed by atoms with van der Waals surface area (Å²) in [6.45, 7) is 2.88. The van der Waals surface area contributed by atoms with Gasteiger partial charge in [-0.05, 0) is 12.1 Å². The molecular formula is C20H21NO10. The van der Waals surface area contributed by atoms with Crippen molar-refractivity contribution in [3.05, 3.63) is 35.4 Å². The van der Waals surface area contributed by atoms with Crippen molar-refractivity contribution in [1.29, 1.82) is 0 Å². The van der Waals surface area contributed by atoms with Crippen molar-refractivity contribution in [2.24, 2.45) is 0 Å². The van der Waals surface area contributed by atoms with Gasteiger partial charge in [-0.1, -0.05) is 12.1 Å². The number of hydrogen-bond donors (Lipinski definition) is 1. The van der Waals surface area contributed by atoms with Gasteiger partial charge in [0.05, 0.1) is 11.1 Å². The Labute approximate surface area is 176 Å². The first-order valence-corrected chi connectivity index (χ1v) is 9.40. The molecule has 2 aliphatic heterocycles. The largest absolute Gasteiger partial charge is 0.463 e. The molecule has 2 aliphatic rings. The average Bonchev–Trinajstić information content (AvgIpc) is 2.93. The summed E-state index contributed by atoms with van der Waals surface area (Å²) in [6, 6.07) is 4.51. The highest BCUT2D eigenvalue weighted by atomic mass is 16.7. The molecule has 0 spiro atoms. The van der Waals surface area contributed by atoms with Crippen LogP contribution >= 0.6 is 0 Å². The van der Waals surface area contributed by atoms with Crippen molar-refractivity contribution in [3.63, 3.8) is 0 Å². The van der Waals surface area contributed by atoms with E-state index in [1.165, 1.54) is 12.1 Å². The van der Waals surface area contributed by atoms with E-state index in [1.807, 2.05) is 0 Å². The molecule has 11 nitrogen and oxygen atoms in total. The summed E-state index contributed by atoms with van der Waals surface area (Å²) in [7, 11) is 0. The van der Waals surface area contributed by atoms with Crippen LogP contribution in [0, 0.1) is 0 Å². The zero-order chi connectivity index (χ0) is 22.9. The third kappa shape index (κ3) is 4.42. The van der Waals surface area contributed by atoms with Crippen LogP contribution in [-0.2, 0) is 33.3 Å². The van der Waals surface area contributed by atoms with E-state index in [-0.39, 0.29) is 11.1 Å². The van der Waals surface area contributed by atoms with E-state index < -0.39 is 67.0 Å². The van der Waals surface area contributed by atoms with Crippen LogP contribution in [-0.4, -0.2) is 77.0 Å². The number of aliphatic hydroxyl groups is 1. The van der Waals surface area contributed by atoms with Crippen LogP contribution in [0.1, 0.15) is 41.5 Å². The second-order valence-electron chi connectivity index (χ2n) is 7.03. The lowest BCUT2D eigenvalue weighted by Crippen LogP contribution is -2.67. The summed E-state index contributed by atoms with van der Waals surface area (Å²) in [5.41, 5.74) is 0.208. The van der Waals surface area contributed by atoms with Gasteiger partial charge in [-0.15, -0.1) is 0 Å². The maximum absolute atomic E-state index is 12.9. The number of amides is 2. The minimum atomic E-state index is -1.82. The molecule has 1 unspecified atom stereocenters. The Morgan fingerprint density at radius 1 is 0.935 bits per heavy atom. The fraction of sp³-hybridized carbons (Fsp3) is 0.450. The Morgan fingerprint density at radius 2 is 1.45 bits per heavy atom. The normalized spacial score (nSPS) is 27.5. The molecule has 0 saturated carbocycles. The molecule has 1 fully saturated rings. The van der Waals surface area contributed by atoms with Crippen LogP contribution in [0.4, 0.5) is 0 Å². The molecule has 0 aromatic heterocycles. The first kappa shape index (κ1) is 22.4. The molecule has 3 rings (SSSR count). The van der Waals surface area contributed by atoms with Crippen LogP contribution in [0.2, 0.25) is 0 Å². The fourth-order valence-corrected chi connectivity index (χ4v) is 3.65. The Hall–Kier alpha value is -3.31. The molecule has 0 radical (unpaired) electrons. The van der Waals surface area contributed by atoms with Gasteiger partial charge in [-0.3, -0.25) is 28.9 Å². The molecular weight excluding hydrogens is 414 g/mol. The molecule has 0 bridgehead atoms. The van der Waals surface area contributed by atoms with Crippen molar-refractivity contribution in [3.8, 4) is 0 Å². The number of ether oxygens (including phenoxy) is 4. The maximum atomic E-state index is 12.9. The number of nitrogens with zero attached hydrogens (tertiary/aromatic N) is 1. The standard InChI is InChI=1S/C20H21NO10/c1-9(22)28-8-14-16(29-10(2)23)17(30-11(3)24)15(20(27)31-14)21-18(25)12-6-4-5-7-13(12)19(21)26/h4-7,14-17,20,27H,8H2,1-3H3/t14-,15-,16+,17-,20?/m1/s1. The maximum Gasteiger partial charge on any atom is 0.303 e. The molecule has 1 saturated heterocycles. The van der Waals surface area contributed by atoms with Gasteiger partial charge >= 0.3 is 17.9 Å². The lowest BCUT2D eigenvalue weighted by Gasteiger charge is -2.45. The van der Waals surface area contributed by atoms with E-state index in [0.29, 0.717) is 0 Å². The second-order valence-corrected chi connectivity index (χ2v) is 7.03. The summed E-state index contributed by atoms with van der Waals surface area (Å²) in [6.07, 6.45) is -5.90. The van der Waals surface area contributed by atoms with Crippen molar-refractivity contribution < 1.29 is 48.0 Å². The summed E-state index contributed by atoms with van der Waals surface area (Å²) < 4.78 is 20.9. The lowest BCUT2D eigenvalue weighted by molar-refractivity contribution is -0.272. The van der Waals surface area contributed by atoms with E-state index in [4.69, 9.17) is 18.9 Å². The SMILES string of the molecule is CC(=O)OC[C@H]1OC(O)[C@H](N2C(=O)c3ccccc3C2=O)[C@@H](OC(C)=O)[C@H]1OC(C)=O. The molecule has 2 amide bonds. The Bertz CT molecular complexity index is 893. The van der Waals surface area contributed by atoms with E-state index in [9.17, 15) is 29.1 Å². The van der Waals surface area contributed by atoms with Gasteiger partial charge in [-0.25, -0.2) is 0 Å². The highest BCUT2D eigenvalue weighted by Gasteiger charge is 2.56. The van der Waals surface area contributed by atoms with Crippen molar-refractivity contribution >= 4 is 29.7 Å². The second kappa shape index (κ2) is 8.82. The number of hydrogen-bond acceptors (Lipinski definition) is 10. The van der Waals surface area contributed by atoms with Gasteiger partial charge in [-0.2, -0.15) is 0 Å². The van der Waals surface area contributed by atoms with Gasteiger partial charge in [0, 0.05) is 20.8 Å². The van der Waals surface area contributed by atoms with Crippen molar-refractivity contribution in [1.82, 2.24) is 4.90 Å². The number of carbonyl (C=O) groups is 5. The van der Waals surface area contributed by atoms with Crippen molar-refractivity contribution in [2.45, 2.75) is 51.4 Å². The molecule has 31 heavy (non-hydrogen) atoms. The average molecular weight is 435 g/mol. The summed E-state index contributed by atoms with van der Waals surface area (Å²) >= 11 is 0. The van der Waals surface area contributed by atoms with Gasteiger partial charge in [0.15, 0.2) is 18.5 Å². The minimum absolute atomic E-state index is 0.104. The highest BCUT2D eigenvalue weighted by molar-refractivity contribution is 6.21. The number of imide groups is 1. The molecule has 1 N–H and O–H groups in total. The van der Waals surface area contributed by atoms with Crippen LogP contribution in [0.5, 0.6) is 0 Å². The van der Waals surface area contributed by atoms with E-state index in [1.54, 1.807) is 12.1 Å². The van der Waals surface area contributed by atoms with Crippen molar-refractivity contribution in [2.75, 3.05) is 6.61 Å². The molecule has 2 heterocycles. The topological polar surface area (TPSA) is 146 Å². The van der Waals surface area contributed by atoms with E-state index in [2.05, 4.69) is 0 Å². The number of benzene rings is 1. The zero-order valence-corrected chi connectivity index (χ0v) is 17.0. The minimum Gasteiger partial charge on any atom is -0.463 e. The third-order valence-corrected chi connectivity index (χ3v) is 4.81. The Morgan fingerprint density at radius 3 is 1.94 bits per heavy atom. The number of fused-ring (bicyclic) bond motifs is 1. The summed E-state index contributed by atoms with van der Waals surface area (Å²) in [5.74, 6) is -3.72. The van der Waals surface area contributed by atoms with E-state index >= 15 is 0 Å². The first-order chi connectivity index (χ1) is 14.6. The zero-order valence-electron chi connectivity index (χ0n) is 17.0. The number of rotatable bonds is 5. The summed E-state index contributed by atoms with van der Waals surface area (Å²) in [4.78, 5) is 61.3. The number of aliphatic hydroxyl groups excluding tert-OH is 1. The highest BCUT2D eigenvalue weighted by Crippen LogP contribution is 2.34. The predicted octanol–water partition coefficient (Wildman–Crippen LogP) is -0.205. The number of carbonyl (C=O) groups excluding carboxylic acids is 5. The first-order valence-electron chi connectivity index (χ1n) is 9.40. The van der Waals surface area contributed by atoms with Crippen LogP contribution in [0.3, 0.4) is 0 Å². The molecule has 166 valence electrons. The molecule has 5 atom stereocenters. The predicted molar refractivity (Wildman–Crippen MR) is 99.4 cm³/mol. The van der Waals surface area contributed by atoms with Gasteiger partial charge in [0.1, 0.15) is 18.8 Å². The Kier molecular flexibility index (Phi) is 6.37. The number of esters is 3. The molecule has 0 aliphatic carbocycles. The molecule has 1 aromatic rings. The van der Waals surface area contributed by atoms with Gasteiger partial charge in [0.2, 0.25) is 0 Å². The summed E-state index contributed by atoms with van der Waals surface area (Å²) in [5, 5.41) is 10.7.